The van der Waals surface area contributed by atoms with Crippen molar-refractivity contribution < 1.29 is 14.1 Å². The zero-order valence-electron chi connectivity index (χ0n) is 12.3. The fraction of sp³-hybridized carbons (Fsp3) is 0.400. The summed E-state index contributed by atoms with van der Waals surface area (Å²) < 4.78 is 11.2. The van der Waals surface area contributed by atoms with Gasteiger partial charge in [0.05, 0.1) is 0 Å². The summed E-state index contributed by atoms with van der Waals surface area (Å²) in [5.74, 6) is 0.998. The first-order valence-corrected chi connectivity index (χ1v) is 8.11. The first kappa shape index (κ1) is 16.9. The maximum Gasteiger partial charge on any atom is 0.227 e. The molecule has 0 aliphatic heterocycles. The van der Waals surface area contributed by atoms with Gasteiger partial charge in [-0.15, -0.1) is 0 Å². The Bertz CT molecular complexity index is 598. The lowest BCUT2D eigenvalue weighted by Gasteiger charge is -2.02. The molecule has 0 aliphatic rings. The van der Waals surface area contributed by atoms with Crippen LogP contribution in [0.2, 0.25) is 0 Å². The molecule has 0 unspecified atom stereocenters. The van der Waals surface area contributed by atoms with E-state index in [9.17, 15) is 4.79 Å². The van der Waals surface area contributed by atoms with Crippen LogP contribution in [-0.4, -0.2) is 36.3 Å². The van der Waals surface area contributed by atoms with E-state index < -0.39 is 0 Å². The first-order chi connectivity index (χ1) is 10.7. The molecule has 0 saturated carbocycles. The number of halogens is 1. The monoisotopic (exact) mass is 415 g/mol. The largest absolute Gasteiger partial charge is 0.385 e. The lowest BCUT2D eigenvalue weighted by Crippen LogP contribution is -2.25. The molecule has 2 rings (SSSR count). The second-order valence-corrected chi connectivity index (χ2v) is 5.96. The number of nitrogens with zero attached hydrogens (tertiary/aromatic N) is 2. The van der Waals surface area contributed by atoms with Crippen molar-refractivity contribution in [1.29, 1.82) is 0 Å². The van der Waals surface area contributed by atoms with Gasteiger partial charge in [-0.2, -0.15) is 4.98 Å². The van der Waals surface area contributed by atoms with Crippen LogP contribution in [0.1, 0.15) is 18.7 Å². The number of benzene rings is 1. The zero-order valence-corrected chi connectivity index (χ0v) is 14.5. The minimum atomic E-state index is -0.0230. The molecule has 0 bridgehead atoms. The minimum Gasteiger partial charge on any atom is -0.385 e. The summed E-state index contributed by atoms with van der Waals surface area (Å²) in [6, 6.07) is 7.86. The summed E-state index contributed by atoms with van der Waals surface area (Å²) in [6.07, 6.45) is 1.58. The molecular formula is C15H18IN3O3. The van der Waals surface area contributed by atoms with Gasteiger partial charge in [0.25, 0.3) is 0 Å². The number of rotatable bonds is 8. The van der Waals surface area contributed by atoms with E-state index in [0.717, 1.165) is 15.6 Å². The topological polar surface area (TPSA) is 77.2 Å². The molecule has 1 aromatic carbocycles. The van der Waals surface area contributed by atoms with Crippen LogP contribution < -0.4 is 5.32 Å². The van der Waals surface area contributed by atoms with Crippen LogP contribution in [0, 0.1) is 3.57 Å². The number of amides is 1. The lowest BCUT2D eigenvalue weighted by molar-refractivity contribution is -0.121. The number of aryl methyl sites for hydroxylation is 1. The average Bonchev–Trinajstić information content (AvgIpc) is 2.99. The third kappa shape index (κ3) is 5.38. The van der Waals surface area contributed by atoms with Gasteiger partial charge in [-0.05, 0) is 41.1 Å². The van der Waals surface area contributed by atoms with E-state index in [-0.39, 0.29) is 5.91 Å². The molecule has 1 aromatic heterocycles. The number of aromatic nitrogens is 2. The van der Waals surface area contributed by atoms with Crippen molar-refractivity contribution in [3.05, 3.63) is 33.7 Å². The number of hydrogen-bond acceptors (Lipinski definition) is 5. The van der Waals surface area contributed by atoms with Crippen molar-refractivity contribution in [3.63, 3.8) is 0 Å². The van der Waals surface area contributed by atoms with Crippen LogP contribution >= 0.6 is 22.6 Å². The fourth-order valence-electron chi connectivity index (χ4n) is 1.83. The third-order valence-electron chi connectivity index (χ3n) is 2.98. The molecule has 1 N–H and O–H groups in total. The van der Waals surface area contributed by atoms with E-state index in [1.807, 2.05) is 24.3 Å². The molecule has 1 heterocycles. The Morgan fingerprint density at radius 2 is 2.14 bits per heavy atom. The highest BCUT2D eigenvalue weighted by Crippen LogP contribution is 2.17. The van der Waals surface area contributed by atoms with Gasteiger partial charge in [0.15, 0.2) is 0 Å². The predicted molar refractivity (Wildman–Crippen MR) is 90.3 cm³/mol. The molecule has 0 saturated heterocycles. The van der Waals surface area contributed by atoms with Gasteiger partial charge in [0, 0.05) is 42.2 Å². The summed E-state index contributed by atoms with van der Waals surface area (Å²) in [7, 11) is 1.64. The van der Waals surface area contributed by atoms with Crippen LogP contribution in [0.15, 0.2) is 28.8 Å². The molecule has 0 fully saturated rings. The standard InChI is InChI=1S/C15H18IN3O3/c1-21-10-2-9-17-13(20)7-8-14-18-15(19-22-14)11-3-5-12(16)6-4-11/h3-6H,2,7-10H2,1H3,(H,17,20). The van der Waals surface area contributed by atoms with Crippen LogP contribution in [0.4, 0.5) is 0 Å². The molecule has 22 heavy (non-hydrogen) atoms. The van der Waals surface area contributed by atoms with Crippen molar-refractivity contribution in [1.82, 2.24) is 15.5 Å². The third-order valence-corrected chi connectivity index (χ3v) is 3.70. The maximum atomic E-state index is 11.7. The van der Waals surface area contributed by atoms with Gasteiger partial charge < -0.3 is 14.6 Å². The molecule has 0 aliphatic carbocycles. The summed E-state index contributed by atoms with van der Waals surface area (Å²) in [4.78, 5) is 16.0. The second-order valence-electron chi connectivity index (χ2n) is 4.71. The Hall–Kier alpha value is -1.48. The zero-order chi connectivity index (χ0) is 15.8. The van der Waals surface area contributed by atoms with Crippen molar-refractivity contribution in [3.8, 4) is 11.4 Å². The first-order valence-electron chi connectivity index (χ1n) is 7.03. The van der Waals surface area contributed by atoms with E-state index in [1.165, 1.54) is 0 Å². The summed E-state index contributed by atoms with van der Waals surface area (Å²) in [6.45, 7) is 1.26. The highest BCUT2D eigenvalue weighted by atomic mass is 127. The normalized spacial score (nSPS) is 10.6. The van der Waals surface area contributed by atoms with E-state index >= 15 is 0 Å². The number of carbonyl (C=O) groups is 1. The van der Waals surface area contributed by atoms with Crippen molar-refractivity contribution >= 4 is 28.5 Å². The van der Waals surface area contributed by atoms with Crippen LogP contribution in [0.3, 0.4) is 0 Å². The molecule has 7 heteroatoms. The van der Waals surface area contributed by atoms with Gasteiger partial charge in [0.1, 0.15) is 0 Å². The molecule has 0 radical (unpaired) electrons. The number of ether oxygens (including phenoxy) is 1. The Balaban J connectivity index is 1.79. The predicted octanol–water partition coefficient (Wildman–Crippen LogP) is 2.43. The van der Waals surface area contributed by atoms with Crippen LogP contribution in [-0.2, 0) is 16.0 Å². The number of methoxy groups -OCH3 is 1. The number of nitrogens with one attached hydrogen (secondary N) is 1. The Labute approximate surface area is 142 Å². The quantitative estimate of drug-likeness (QED) is 0.530. The Morgan fingerprint density at radius 3 is 2.86 bits per heavy atom. The Morgan fingerprint density at radius 1 is 1.36 bits per heavy atom. The molecule has 0 spiro atoms. The van der Waals surface area contributed by atoms with Gasteiger partial charge >= 0.3 is 0 Å². The average molecular weight is 415 g/mol. The lowest BCUT2D eigenvalue weighted by atomic mass is 10.2. The summed E-state index contributed by atoms with van der Waals surface area (Å²) >= 11 is 2.24. The SMILES string of the molecule is COCCCNC(=O)CCc1nc(-c2ccc(I)cc2)no1. The molecule has 0 atom stereocenters. The number of hydrogen-bond donors (Lipinski definition) is 1. The molecule has 2 aromatic rings. The number of carbonyl (C=O) groups excluding carboxylic acids is 1. The van der Waals surface area contributed by atoms with Crippen molar-refractivity contribution in [2.75, 3.05) is 20.3 Å². The molecular weight excluding hydrogens is 397 g/mol. The highest BCUT2D eigenvalue weighted by molar-refractivity contribution is 14.1. The smallest absolute Gasteiger partial charge is 0.227 e. The van der Waals surface area contributed by atoms with Crippen LogP contribution in [0.5, 0.6) is 0 Å². The fourth-order valence-corrected chi connectivity index (χ4v) is 2.19. The van der Waals surface area contributed by atoms with Gasteiger partial charge in [-0.25, -0.2) is 0 Å². The second kappa shape index (κ2) is 8.84. The summed E-state index contributed by atoms with van der Waals surface area (Å²) in [5, 5.41) is 6.77. The molecule has 1 amide bonds. The maximum absolute atomic E-state index is 11.7. The van der Waals surface area contributed by atoms with E-state index in [0.29, 0.717) is 37.7 Å². The van der Waals surface area contributed by atoms with Crippen molar-refractivity contribution in [2.24, 2.45) is 0 Å². The summed E-state index contributed by atoms with van der Waals surface area (Å²) in [5.41, 5.74) is 0.902. The Kier molecular flexibility index (Phi) is 6.78. The van der Waals surface area contributed by atoms with E-state index in [1.54, 1.807) is 7.11 Å². The molecule has 6 nitrogen and oxygen atoms in total. The molecule has 118 valence electrons. The minimum absolute atomic E-state index is 0.0230. The van der Waals surface area contributed by atoms with E-state index in [4.69, 9.17) is 9.26 Å². The van der Waals surface area contributed by atoms with Gasteiger partial charge in [-0.3, -0.25) is 4.79 Å². The highest BCUT2D eigenvalue weighted by Gasteiger charge is 2.10. The van der Waals surface area contributed by atoms with E-state index in [2.05, 4.69) is 38.0 Å². The van der Waals surface area contributed by atoms with Gasteiger partial charge in [0.2, 0.25) is 17.6 Å². The van der Waals surface area contributed by atoms with Crippen LogP contribution in [0.25, 0.3) is 11.4 Å². The van der Waals surface area contributed by atoms with Crippen molar-refractivity contribution in [2.45, 2.75) is 19.3 Å². The van der Waals surface area contributed by atoms with Gasteiger partial charge in [-0.1, -0.05) is 17.3 Å².